The van der Waals surface area contributed by atoms with Crippen LogP contribution < -0.4 is 4.74 Å². The largest absolute Gasteiger partial charge is 0.481 e. The molecule has 1 amide bonds. The second-order valence-electron chi connectivity index (χ2n) is 5.64. The minimum Gasteiger partial charge on any atom is -0.481 e. The number of alkyl halides is 3. The van der Waals surface area contributed by atoms with Gasteiger partial charge in [0.05, 0.1) is 6.54 Å². The molecular weight excluding hydrogens is 309 g/mol. The fraction of sp³-hybridized carbons (Fsp3) is 0.562. The number of halogens is 3. The van der Waals surface area contributed by atoms with Crippen molar-refractivity contribution in [3.8, 4) is 5.75 Å². The van der Waals surface area contributed by atoms with Gasteiger partial charge in [-0.05, 0) is 25.5 Å². The van der Waals surface area contributed by atoms with Gasteiger partial charge in [0.15, 0.2) is 6.10 Å². The average Bonchev–Trinajstić information content (AvgIpc) is 2.71. The highest BCUT2D eigenvalue weighted by atomic mass is 19.4. The summed E-state index contributed by atoms with van der Waals surface area (Å²) in [6.07, 6.45) is -4.34. The van der Waals surface area contributed by atoms with Crippen LogP contribution in [-0.2, 0) is 4.79 Å². The molecule has 23 heavy (non-hydrogen) atoms. The SMILES string of the molecule is C[C@@H](Oc1ccccc1)C(=O)N1CCCN(CC(F)(F)F)CC1. The maximum absolute atomic E-state index is 12.5. The number of benzene rings is 1. The lowest BCUT2D eigenvalue weighted by Crippen LogP contribution is -2.43. The quantitative estimate of drug-likeness (QED) is 0.851. The molecule has 1 atom stereocenters. The molecule has 0 aromatic heterocycles. The molecule has 4 nitrogen and oxygen atoms in total. The van der Waals surface area contributed by atoms with Crippen molar-refractivity contribution in [2.45, 2.75) is 25.6 Å². The zero-order chi connectivity index (χ0) is 16.9. The molecule has 1 aliphatic rings. The molecule has 0 radical (unpaired) electrons. The Morgan fingerprint density at radius 2 is 1.87 bits per heavy atom. The van der Waals surface area contributed by atoms with Crippen molar-refractivity contribution in [1.82, 2.24) is 9.80 Å². The topological polar surface area (TPSA) is 32.8 Å². The van der Waals surface area contributed by atoms with E-state index in [0.29, 0.717) is 25.3 Å². The van der Waals surface area contributed by atoms with Crippen molar-refractivity contribution in [1.29, 1.82) is 0 Å². The Morgan fingerprint density at radius 1 is 1.17 bits per heavy atom. The number of rotatable bonds is 4. The number of carbonyl (C=O) groups excluding carboxylic acids is 1. The maximum Gasteiger partial charge on any atom is 0.401 e. The molecule has 0 unspecified atom stereocenters. The van der Waals surface area contributed by atoms with Gasteiger partial charge in [-0.3, -0.25) is 9.69 Å². The van der Waals surface area contributed by atoms with Gasteiger partial charge in [0, 0.05) is 26.2 Å². The highest BCUT2D eigenvalue weighted by Crippen LogP contribution is 2.18. The predicted molar refractivity (Wildman–Crippen MR) is 80.2 cm³/mol. The highest BCUT2D eigenvalue weighted by molar-refractivity contribution is 5.81. The second kappa shape index (κ2) is 7.68. The Hall–Kier alpha value is -1.76. The molecule has 1 aliphatic heterocycles. The summed E-state index contributed by atoms with van der Waals surface area (Å²) < 4.78 is 43.0. The van der Waals surface area contributed by atoms with Crippen molar-refractivity contribution >= 4 is 5.91 Å². The van der Waals surface area contributed by atoms with Gasteiger partial charge in [0.2, 0.25) is 0 Å². The molecular formula is C16H21F3N2O2. The lowest BCUT2D eigenvalue weighted by atomic mass is 10.3. The first-order chi connectivity index (χ1) is 10.8. The van der Waals surface area contributed by atoms with Gasteiger partial charge in [-0.15, -0.1) is 0 Å². The van der Waals surface area contributed by atoms with Crippen molar-refractivity contribution in [2.24, 2.45) is 0 Å². The Balaban J connectivity index is 1.87. The van der Waals surface area contributed by atoms with Crippen LogP contribution in [0.25, 0.3) is 0 Å². The molecule has 1 heterocycles. The zero-order valence-corrected chi connectivity index (χ0v) is 13.1. The van der Waals surface area contributed by atoms with Gasteiger partial charge < -0.3 is 9.64 Å². The van der Waals surface area contributed by atoms with E-state index in [9.17, 15) is 18.0 Å². The molecule has 128 valence electrons. The summed E-state index contributed by atoms with van der Waals surface area (Å²) in [7, 11) is 0. The summed E-state index contributed by atoms with van der Waals surface area (Å²) in [5, 5.41) is 0. The van der Waals surface area contributed by atoms with E-state index in [0.717, 1.165) is 0 Å². The van der Waals surface area contributed by atoms with E-state index in [-0.39, 0.29) is 19.0 Å². The van der Waals surface area contributed by atoms with Crippen LogP contribution in [0.3, 0.4) is 0 Å². The monoisotopic (exact) mass is 330 g/mol. The summed E-state index contributed by atoms with van der Waals surface area (Å²) in [5.74, 6) is 0.407. The predicted octanol–water partition coefficient (Wildman–Crippen LogP) is 2.55. The van der Waals surface area contributed by atoms with Crippen LogP contribution in [0.4, 0.5) is 13.2 Å². The summed E-state index contributed by atoms with van der Waals surface area (Å²) in [6, 6.07) is 9.00. The molecule has 0 bridgehead atoms. The van der Waals surface area contributed by atoms with Crippen LogP contribution in [-0.4, -0.2) is 60.7 Å². The number of amides is 1. The lowest BCUT2D eigenvalue weighted by Gasteiger charge is -2.25. The van der Waals surface area contributed by atoms with Crippen LogP contribution in [0.5, 0.6) is 5.75 Å². The van der Waals surface area contributed by atoms with Crippen LogP contribution >= 0.6 is 0 Å². The summed E-state index contributed by atoms with van der Waals surface area (Å²) >= 11 is 0. The number of para-hydroxylation sites is 1. The van der Waals surface area contributed by atoms with Crippen LogP contribution in [0.15, 0.2) is 30.3 Å². The van der Waals surface area contributed by atoms with Crippen LogP contribution in [0, 0.1) is 0 Å². The molecule has 0 N–H and O–H groups in total. The molecule has 1 aromatic carbocycles. The van der Waals surface area contributed by atoms with Gasteiger partial charge in [-0.25, -0.2) is 0 Å². The molecule has 1 saturated heterocycles. The first-order valence-electron chi connectivity index (χ1n) is 7.65. The lowest BCUT2D eigenvalue weighted by molar-refractivity contribution is -0.145. The van der Waals surface area contributed by atoms with Gasteiger partial charge in [0.1, 0.15) is 5.75 Å². The maximum atomic E-state index is 12.5. The van der Waals surface area contributed by atoms with Crippen LogP contribution in [0.1, 0.15) is 13.3 Å². The van der Waals surface area contributed by atoms with E-state index < -0.39 is 18.8 Å². The second-order valence-corrected chi connectivity index (χ2v) is 5.64. The average molecular weight is 330 g/mol. The molecule has 0 spiro atoms. The third-order valence-electron chi connectivity index (χ3n) is 3.71. The summed E-state index contributed by atoms with van der Waals surface area (Å²) in [4.78, 5) is 15.3. The number of carbonyl (C=O) groups is 1. The first-order valence-corrected chi connectivity index (χ1v) is 7.65. The van der Waals surface area contributed by atoms with E-state index in [2.05, 4.69) is 0 Å². The molecule has 0 aliphatic carbocycles. The van der Waals surface area contributed by atoms with Gasteiger partial charge in [0.25, 0.3) is 5.91 Å². The van der Waals surface area contributed by atoms with Crippen molar-refractivity contribution < 1.29 is 22.7 Å². The van der Waals surface area contributed by atoms with E-state index in [1.54, 1.807) is 24.0 Å². The first kappa shape index (κ1) is 17.6. The third-order valence-corrected chi connectivity index (χ3v) is 3.71. The molecule has 1 fully saturated rings. The Kier molecular flexibility index (Phi) is 5.87. The van der Waals surface area contributed by atoms with Gasteiger partial charge >= 0.3 is 6.18 Å². The van der Waals surface area contributed by atoms with E-state index >= 15 is 0 Å². The van der Waals surface area contributed by atoms with Crippen molar-refractivity contribution in [2.75, 3.05) is 32.7 Å². The Labute approximate surface area is 133 Å². The minimum atomic E-state index is -4.21. The van der Waals surface area contributed by atoms with Crippen molar-refractivity contribution in [3.05, 3.63) is 30.3 Å². The fourth-order valence-electron chi connectivity index (χ4n) is 2.61. The van der Waals surface area contributed by atoms with Crippen LogP contribution in [0.2, 0.25) is 0 Å². The number of hydrogen-bond donors (Lipinski definition) is 0. The number of hydrogen-bond acceptors (Lipinski definition) is 3. The molecule has 2 rings (SSSR count). The zero-order valence-electron chi connectivity index (χ0n) is 13.1. The molecule has 1 aromatic rings. The molecule has 0 saturated carbocycles. The van der Waals surface area contributed by atoms with E-state index in [1.165, 1.54) is 4.90 Å². The fourth-order valence-corrected chi connectivity index (χ4v) is 2.61. The number of nitrogens with zero attached hydrogens (tertiary/aromatic N) is 2. The Morgan fingerprint density at radius 3 is 2.52 bits per heavy atom. The summed E-state index contributed by atoms with van der Waals surface area (Å²) in [5.41, 5.74) is 0. The normalized spacial score (nSPS) is 18.3. The Bertz CT molecular complexity index is 508. The highest BCUT2D eigenvalue weighted by Gasteiger charge is 2.32. The smallest absolute Gasteiger partial charge is 0.401 e. The van der Waals surface area contributed by atoms with E-state index in [4.69, 9.17) is 4.74 Å². The van der Waals surface area contributed by atoms with Gasteiger partial charge in [-0.1, -0.05) is 18.2 Å². The summed E-state index contributed by atoms with van der Waals surface area (Å²) in [6.45, 7) is 2.05. The third kappa shape index (κ3) is 5.74. The standard InChI is InChI=1S/C16H21F3N2O2/c1-13(23-14-6-3-2-4-7-14)15(22)21-9-5-8-20(10-11-21)12-16(17,18)19/h2-4,6-7,13H,5,8-12H2,1H3/t13-/m1/s1. The number of ether oxygens (including phenoxy) is 1. The van der Waals surface area contributed by atoms with Gasteiger partial charge in [-0.2, -0.15) is 13.2 Å². The van der Waals surface area contributed by atoms with E-state index in [1.807, 2.05) is 18.2 Å². The minimum absolute atomic E-state index is 0.192. The molecule has 7 heteroatoms. The van der Waals surface area contributed by atoms with Crippen molar-refractivity contribution in [3.63, 3.8) is 0 Å².